The second-order valence-electron chi connectivity index (χ2n) is 4.75. The molecule has 0 fully saturated rings. The van der Waals surface area contributed by atoms with Gasteiger partial charge in [0, 0.05) is 18.4 Å². The number of benzene rings is 2. The molecule has 90 valence electrons. The minimum atomic E-state index is 0.811. The van der Waals surface area contributed by atoms with Crippen molar-refractivity contribution >= 4 is 16.6 Å². The van der Waals surface area contributed by atoms with Gasteiger partial charge in [0.2, 0.25) is 0 Å². The summed E-state index contributed by atoms with van der Waals surface area (Å²) in [7, 11) is 0. The Bertz CT molecular complexity index is 678. The minimum Gasteiger partial charge on any atom is -0.399 e. The van der Waals surface area contributed by atoms with Crippen LogP contribution in [0.15, 0.2) is 54.7 Å². The van der Waals surface area contributed by atoms with Gasteiger partial charge in [-0.15, -0.1) is 0 Å². The smallest absolute Gasteiger partial charge is 0.0504 e. The van der Waals surface area contributed by atoms with E-state index in [0.717, 1.165) is 12.2 Å². The van der Waals surface area contributed by atoms with Gasteiger partial charge in [0.05, 0.1) is 5.52 Å². The standard InChI is InChI=1S/C16H16N2/c1-12-2-4-13(5-3-12)11-18-9-8-14-6-7-15(17)10-16(14)18/h2-10H,11,17H2,1H3. The highest BCUT2D eigenvalue weighted by Crippen LogP contribution is 2.20. The van der Waals surface area contributed by atoms with Gasteiger partial charge < -0.3 is 10.3 Å². The molecule has 0 aliphatic rings. The summed E-state index contributed by atoms with van der Waals surface area (Å²) in [5.41, 5.74) is 10.5. The van der Waals surface area contributed by atoms with Crippen LogP contribution in [-0.2, 0) is 6.54 Å². The minimum absolute atomic E-state index is 0.811. The molecule has 0 atom stereocenters. The summed E-state index contributed by atoms with van der Waals surface area (Å²) in [5.74, 6) is 0. The highest BCUT2D eigenvalue weighted by molar-refractivity contribution is 5.83. The lowest BCUT2D eigenvalue weighted by atomic mass is 10.1. The van der Waals surface area contributed by atoms with E-state index in [0.29, 0.717) is 0 Å². The summed E-state index contributed by atoms with van der Waals surface area (Å²) in [5, 5.41) is 1.23. The Morgan fingerprint density at radius 3 is 2.56 bits per heavy atom. The molecule has 2 nitrogen and oxygen atoms in total. The fourth-order valence-corrected chi connectivity index (χ4v) is 2.23. The third-order valence-corrected chi connectivity index (χ3v) is 3.27. The Morgan fingerprint density at radius 2 is 1.78 bits per heavy atom. The zero-order valence-electron chi connectivity index (χ0n) is 10.4. The highest BCUT2D eigenvalue weighted by atomic mass is 14.9. The third kappa shape index (κ3) is 1.97. The van der Waals surface area contributed by atoms with Crippen molar-refractivity contribution in [2.45, 2.75) is 13.5 Å². The third-order valence-electron chi connectivity index (χ3n) is 3.27. The number of hydrogen-bond acceptors (Lipinski definition) is 1. The summed E-state index contributed by atoms with van der Waals surface area (Å²) >= 11 is 0. The number of nitrogens with two attached hydrogens (primary N) is 1. The number of anilines is 1. The predicted molar refractivity (Wildman–Crippen MR) is 76.6 cm³/mol. The van der Waals surface area contributed by atoms with Crippen LogP contribution in [0.2, 0.25) is 0 Å². The SMILES string of the molecule is Cc1ccc(Cn2ccc3ccc(N)cc32)cc1. The lowest BCUT2D eigenvalue weighted by molar-refractivity contribution is 0.836. The van der Waals surface area contributed by atoms with Crippen LogP contribution >= 0.6 is 0 Å². The Balaban J connectivity index is 1.99. The molecule has 0 saturated carbocycles. The summed E-state index contributed by atoms with van der Waals surface area (Å²) in [6.45, 7) is 2.99. The van der Waals surface area contributed by atoms with Crippen molar-refractivity contribution in [2.24, 2.45) is 0 Å². The second kappa shape index (κ2) is 4.22. The van der Waals surface area contributed by atoms with Gasteiger partial charge in [0.1, 0.15) is 0 Å². The quantitative estimate of drug-likeness (QED) is 0.677. The Hall–Kier alpha value is -2.22. The first-order valence-electron chi connectivity index (χ1n) is 6.12. The van der Waals surface area contributed by atoms with Crippen LogP contribution in [0.5, 0.6) is 0 Å². The van der Waals surface area contributed by atoms with Gasteiger partial charge >= 0.3 is 0 Å². The average molecular weight is 236 g/mol. The fourth-order valence-electron chi connectivity index (χ4n) is 2.23. The normalized spacial score (nSPS) is 10.9. The lowest BCUT2D eigenvalue weighted by Crippen LogP contribution is -1.98. The van der Waals surface area contributed by atoms with Crippen molar-refractivity contribution < 1.29 is 0 Å². The molecule has 0 amide bonds. The van der Waals surface area contributed by atoms with E-state index in [4.69, 9.17) is 5.73 Å². The number of nitrogen functional groups attached to an aromatic ring is 1. The molecule has 0 aliphatic heterocycles. The number of rotatable bonds is 2. The van der Waals surface area contributed by atoms with E-state index >= 15 is 0 Å². The molecular formula is C16H16N2. The van der Waals surface area contributed by atoms with Crippen LogP contribution < -0.4 is 5.73 Å². The maximum atomic E-state index is 5.85. The van der Waals surface area contributed by atoms with Gasteiger partial charge in [-0.25, -0.2) is 0 Å². The molecular weight excluding hydrogens is 220 g/mol. The fraction of sp³-hybridized carbons (Fsp3) is 0.125. The van der Waals surface area contributed by atoms with Gasteiger partial charge in [-0.1, -0.05) is 35.9 Å². The van der Waals surface area contributed by atoms with Crippen LogP contribution in [0.25, 0.3) is 10.9 Å². The summed E-state index contributed by atoms with van der Waals surface area (Å²) in [6.07, 6.45) is 2.12. The first-order chi connectivity index (χ1) is 8.72. The molecule has 1 aromatic heterocycles. The molecule has 2 heteroatoms. The van der Waals surface area contributed by atoms with Crippen molar-refractivity contribution in [1.29, 1.82) is 0 Å². The van der Waals surface area contributed by atoms with Gasteiger partial charge in [-0.2, -0.15) is 0 Å². The summed E-state index contributed by atoms with van der Waals surface area (Å²) < 4.78 is 2.23. The van der Waals surface area contributed by atoms with E-state index in [2.05, 4.69) is 54.1 Å². The molecule has 0 bridgehead atoms. The molecule has 0 saturated heterocycles. The summed E-state index contributed by atoms with van der Waals surface area (Å²) in [6, 6.07) is 16.8. The van der Waals surface area contributed by atoms with Crippen molar-refractivity contribution in [3.63, 3.8) is 0 Å². The number of hydrogen-bond donors (Lipinski definition) is 1. The maximum Gasteiger partial charge on any atom is 0.0504 e. The largest absolute Gasteiger partial charge is 0.399 e. The molecule has 0 aliphatic carbocycles. The van der Waals surface area contributed by atoms with E-state index in [9.17, 15) is 0 Å². The van der Waals surface area contributed by atoms with Gasteiger partial charge in [-0.05, 0) is 36.1 Å². The number of aryl methyl sites for hydroxylation is 1. The van der Waals surface area contributed by atoms with Gasteiger partial charge in [-0.3, -0.25) is 0 Å². The van der Waals surface area contributed by atoms with Crippen LogP contribution in [-0.4, -0.2) is 4.57 Å². The van der Waals surface area contributed by atoms with Crippen LogP contribution in [0, 0.1) is 6.92 Å². The van der Waals surface area contributed by atoms with E-state index < -0.39 is 0 Å². The van der Waals surface area contributed by atoms with E-state index in [1.54, 1.807) is 0 Å². The molecule has 0 spiro atoms. The van der Waals surface area contributed by atoms with Gasteiger partial charge in [0.25, 0.3) is 0 Å². The average Bonchev–Trinajstić information content (AvgIpc) is 2.75. The number of fused-ring (bicyclic) bond motifs is 1. The molecule has 18 heavy (non-hydrogen) atoms. The Labute approximate surface area is 107 Å². The molecule has 0 unspecified atom stereocenters. The summed E-state index contributed by atoms with van der Waals surface area (Å²) in [4.78, 5) is 0. The first kappa shape index (κ1) is 10.9. The van der Waals surface area contributed by atoms with E-state index in [1.165, 1.54) is 22.0 Å². The zero-order valence-corrected chi connectivity index (χ0v) is 10.4. The predicted octanol–water partition coefficient (Wildman–Crippen LogP) is 3.58. The molecule has 3 aromatic rings. The Morgan fingerprint density at radius 1 is 1.00 bits per heavy atom. The van der Waals surface area contributed by atoms with Crippen molar-refractivity contribution in [1.82, 2.24) is 4.57 Å². The van der Waals surface area contributed by atoms with Gasteiger partial charge in [0.15, 0.2) is 0 Å². The zero-order chi connectivity index (χ0) is 12.5. The maximum absolute atomic E-state index is 5.85. The topological polar surface area (TPSA) is 30.9 Å². The molecule has 2 aromatic carbocycles. The number of aromatic nitrogens is 1. The molecule has 3 rings (SSSR count). The first-order valence-corrected chi connectivity index (χ1v) is 6.12. The highest BCUT2D eigenvalue weighted by Gasteiger charge is 2.02. The molecule has 2 N–H and O–H groups in total. The van der Waals surface area contributed by atoms with Crippen LogP contribution in [0.4, 0.5) is 5.69 Å². The van der Waals surface area contributed by atoms with Crippen molar-refractivity contribution in [3.05, 3.63) is 65.9 Å². The molecule has 1 heterocycles. The Kier molecular flexibility index (Phi) is 2.56. The van der Waals surface area contributed by atoms with Crippen molar-refractivity contribution in [2.75, 3.05) is 5.73 Å². The van der Waals surface area contributed by atoms with Crippen molar-refractivity contribution in [3.8, 4) is 0 Å². The second-order valence-corrected chi connectivity index (χ2v) is 4.75. The molecule has 0 radical (unpaired) electrons. The lowest BCUT2D eigenvalue weighted by Gasteiger charge is -2.06. The van der Waals surface area contributed by atoms with Crippen LogP contribution in [0.1, 0.15) is 11.1 Å². The monoisotopic (exact) mass is 236 g/mol. The number of nitrogens with zero attached hydrogens (tertiary/aromatic N) is 1. The van der Waals surface area contributed by atoms with Crippen LogP contribution in [0.3, 0.4) is 0 Å². The van der Waals surface area contributed by atoms with E-state index in [-0.39, 0.29) is 0 Å². The van der Waals surface area contributed by atoms with E-state index in [1.807, 2.05) is 12.1 Å².